The van der Waals surface area contributed by atoms with Gasteiger partial charge >= 0.3 is 0 Å². The van der Waals surface area contributed by atoms with Gasteiger partial charge in [-0.3, -0.25) is 14.5 Å². The lowest BCUT2D eigenvalue weighted by atomic mass is 10.1. The van der Waals surface area contributed by atoms with E-state index in [-0.39, 0.29) is 11.8 Å². The third-order valence-corrected chi connectivity index (χ3v) is 4.88. The summed E-state index contributed by atoms with van der Waals surface area (Å²) in [6.45, 7) is 5.13. The number of methoxy groups -OCH3 is 1. The number of anilines is 1. The molecule has 0 saturated carbocycles. The Kier molecular flexibility index (Phi) is 6.66. The van der Waals surface area contributed by atoms with Crippen molar-refractivity contribution in [2.24, 2.45) is 0 Å². The van der Waals surface area contributed by atoms with Gasteiger partial charge in [-0.05, 0) is 49.7 Å². The lowest BCUT2D eigenvalue weighted by Gasteiger charge is -2.22. The largest absolute Gasteiger partial charge is 0.497 e. The topological polar surface area (TPSA) is 61.9 Å². The summed E-state index contributed by atoms with van der Waals surface area (Å²) in [5, 5.41) is 2.91. The number of amides is 2. The minimum Gasteiger partial charge on any atom is -0.497 e. The zero-order valence-electron chi connectivity index (χ0n) is 16.5. The summed E-state index contributed by atoms with van der Waals surface area (Å²) in [6, 6.07) is 15.0. The molecule has 1 N–H and O–H groups in total. The third kappa shape index (κ3) is 5.33. The second kappa shape index (κ2) is 9.37. The third-order valence-electron chi connectivity index (χ3n) is 4.88. The molecule has 2 aromatic rings. The van der Waals surface area contributed by atoms with Crippen LogP contribution in [0.1, 0.15) is 22.3 Å². The van der Waals surface area contributed by atoms with Crippen LogP contribution in [0.2, 0.25) is 0 Å². The molecule has 0 aliphatic carbocycles. The van der Waals surface area contributed by atoms with Crippen molar-refractivity contribution in [3.05, 3.63) is 59.7 Å². The number of hydrogen-bond acceptors (Lipinski definition) is 4. The molecule has 0 radical (unpaired) electrons. The van der Waals surface area contributed by atoms with Crippen molar-refractivity contribution in [2.75, 3.05) is 45.2 Å². The Morgan fingerprint density at radius 3 is 2.54 bits per heavy atom. The molecule has 2 aromatic carbocycles. The maximum atomic E-state index is 12.7. The van der Waals surface area contributed by atoms with Crippen LogP contribution in [0.4, 0.5) is 5.69 Å². The fraction of sp³-hybridized carbons (Fsp3) is 0.364. The molecule has 1 saturated heterocycles. The summed E-state index contributed by atoms with van der Waals surface area (Å²) < 4.78 is 5.12. The fourth-order valence-corrected chi connectivity index (χ4v) is 3.37. The molecule has 148 valence electrons. The van der Waals surface area contributed by atoms with E-state index in [4.69, 9.17) is 4.74 Å². The second-order valence-electron chi connectivity index (χ2n) is 7.07. The number of carbonyl (C=O) groups excluding carboxylic acids is 2. The zero-order valence-corrected chi connectivity index (χ0v) is 16.5. The van der Waals surface area contributed by atoms with E-state index in [1.807, 2.05) is 60.4 Å². The summed E-state index contributed by atoms with van der Waals surface area (Å²) in [5.41, 5.74) is 2.56. The predicted octanol–water partition coefficient (Wildman–Crippen LogP) is 2.79. The summed E-state index contributed by atoms with van der Waals surface area (Å²) in [5.74, 6) is 0.765. The molecule has 0 bridgehead atoms. The standard InChI is InChI=1S/C22H27N3O3/c1-17-5-3-6-18(15-17)22(27)25-12-4-11-24(13-14-25)16-21(26)23-19-7-9-20(28-2)10-8-19/h3,5-10,15H,4,11-14,16H2,1-2H3,(H,23,26). The first kappa shape index (κ1) is 19.9. The van der Waals surface area contributed by atoms with Crippen LogP contribution >= 0.6 is 0 Å². The van der Waals surface area contributed by atoms with E-state index < -0.39 is 0 Å². The fourth-order valence-electron chi connectivity index (χ4n) is 3.37. The average molecular weight is 381 g/mol. The van der Waals surface area contributed by atoms with Crippen LogP contribution in [-0.4, -0.2) is 61.4 Å². The SMILES string of the molecule is COc1ccc(NC(=O)CN2CCCN(C(=O)c3cccc(C)c3)CC2)cc1. The number of nitrogens with one attached hydrogen (secondary N) is 1. The predicted molar refractivity (Wildman–Crippen MR) is 110 cm³/mol. The van der Waals surface area contributed by atoms with Crippen molar-refractivity contribution in [2.45, 2.75) is 13.3 Å². The van der Waals surface area contributed by atoms with E-state index in [1.54, 1.807) is 7.11 Å². The van der Waals surface area contributed by atoms with Gasteiger partial charge in [0.15, 0.2) is 0 Å². The number of nitrogens with zero attached hydrogens (tertiary/aromatic N) is 2. The van der Waals surface area contributed by atoms with Gasteiger partial charge < -0.3 is 15.0 Å². The Balaban J connectivity index is 1.51. The van der Waals surface area contributed by atoms with E-state index in [9.17, 15) is 9.59 Å². The average Bonchev–Trinajstić information content (AvgIpc) is 2.93. The normalized spacial score (nSPS) is 15.0. The number of rotatable bonds is 5. The number of carbonyl (C=O) groups is 2. The first-order valence-electron chi connectivity index (χ1n) is 9.57. The first-order chi connectivity index (χ1) is 13.5. The van der Waals surface area contributed by atoms with Gasteiger partial charge in [-0.25, -0.2) is 0 Å². The maximum absolute atomic E-state index is 12.7. The monoisotopic (exact) mass is 381 g/mol. The molecule has 6 nitrogen and oxygen atoms in total. The van der Waals surface area contributed by atoms with Crippen molar-refractivity contribution in [1.82, 2.24) is 9.80 Å². The van der Waals surface area contributed by atoms with E-state index in [0.717, 1.165) is 35.5 Å². The van der Waals surface area contributed by atoms with Crippen molar-refractivity contribution >= 4 is 17.5 Å². The van der Waals surface area contributed by atoms with Gasteiger partial charge in [0.25, 0.3) is 5.91 Å². The van der Waals surface area contributed by atoms with E-state index in [2.05, 4.69) is 10.2 Å². The summed E-state index contributed by atoms with van der Waals surface area (Å²) in [7, 11) is 1.61. The smallest absolute Gasteiger partial charge is 0.253 e. The molecule has 0 unspecified atom stereocenters. The van der Waals surface area contributed by atoms with Crippen LogP contribution in [0.25, 0.3) is 0 Å². The maximum Gasteiger partial charge on any atom is 0.253 e. The highest BCUT2D eigenvalue weighted by molar-refractivity contribution is 5.94. The molecule has 1 heterocycles. The highest BCUT2D eigenvalue weighted by atomic mass is 16.5. The van der Waals surface area contributed by atoms with Gasteiger partial charge in [0.2, 0.25) is 5.91 Å². The molecule has 1 fully saturated rings. The quantitative estimate of drug-likeness (QED) is 0.865. The van der Waals surface area contributed by atoms with Crippen molar-refractivity contribution in [3.8, 4) is 5.75 Å². The number of benzene rings is 2. The van der Waals surface area contributed by atoms with Gasteiger partial charge in [0.05, 0.1) is 13.7 Å². The molecule has 3 rings (SSSR count). The Morgan fingerprint density at radius 1 is 1.04 bits per heavy atom. The van der Waals surface area contributed by atoms with Crippen LogP contribution in [-0.2, 0) is 4.79 Å². The molecule has 6 heteroatoms. The van der Waals surface area contributed by atoms with Gasteiger partial charge in [-0.15, -0.1) is 0 Å². The van der Waals surface area contributed by atoms with Crippen LogP contribution in [0.3, 0.4) is 0 Å². The second-order valence-corrected chi connectivity index (χ2v) is 7.07. The lowest BCUT2D eigenvalue weighted by Crippen LogP contribution is -2.38. The number of hydrogen-bond donors (Lipinski definition) is 1. The minimum atomic E-state index is -0.0522. The molecule has 2 amide bonds. The van der Waals surface area contributed by atoms with Gasteiger partial charge in [0.1, 0.15) is 5.75 Å². The molecular weight excluding hydrogens is 354 g/mol. The molecule has 1 aliphatic heterocycles. The summed E-state index contributed by atoms with van der Waals surface area (Å²) in [4.78, 5) is 29.1. The van der Waals surface area contributed by atoms with E-state index in [0.29, 0.717) is 26.2 Å². The van der Waals surface area contributed by atoms with E-state index in [1.165, 1.54) is 0 Å². The molecular formula is C22H27N3O3. The molecule has 28 heavy (non-hydrogen) atoms. The molecule has 0 spiro atoms. The van der Waals surface area contributed by atoms with Crippen LogP contribution in [0.15, 0.2) is 48.5 Å². The molecule has 1 aliphatic rings. The Labute approximate surface area is 166 Å². The Hall–Kier alpha value is -2.86. The first-order valence-corrected chi connectivity index (χ1v) is 9.57. The Bertz CT molecular complexity index is 820. The van der Waals surface area contributed by atoms with Crippen molar-refractivity contribution in [1.29, 1.82) is 0 Å². The summed E-state index contributed by atoms with van der Waals surface area (Å²) >= 11 is 0. The number of aryl methyl sites for hydroxylation is 1. The zero-order chi connectivity index (χ0) is 19.9. The van der Waals surface area contributed by atoms with Gasteiger partial charge in [-0.1, -0.05) is 17.7 Å². The number of ether oxygens (including phenoxy) is 1. The van der Waals surface area contributed by atoms with Gasteiger partial charge in [0, 0.05) is 37.4 Å². The molecule has 0 aromatic heterocycles. The van der Waals surface area contributed by atoms with Crippen molar-refractivity contribution in [3.63, 3.8) is 0 Å². The molecule has 0 atom stereocenters. The van der Waals surface area contributed by atoms with Crippen LogP contribution < -0.4 is 10.1 Å². The lowest BCUT2D eigenvalue weighted by molar-refractivity contribution is -0.117. The van der Waals surface area contributed by atoms with E-state index >= 15 is 0 Å². The van der Waals surface area contributed by atoms with Crippen LogP contribution in [0.5, 0.6) is 5.75 Å². The van der Waals surface area contributed by atoms with Crippen LogP contribution in [0, 0.1) is 6.92 Å². The highest BCUT2D eigenvalue weighted by Crippen LogP contribution is 2.15. The highest BCUT2D eigenvalue weighted by Gasteiger charge is 2.21. The summed E-state index contributed by atoms with van der Waals surface area (Å²) in [6.07, 6.45) is 0.855. The minimum absolute atomic E-state index is 0.0522. The van der Waals surface area contributed by atoms with Gasteiger partial charge in [-0.2, -0.15) is 0 Å². The Morgan fingerprint density at radius 2 is 1.82 bits per heavy atom. The van der Waals surface area contributed by atoms with Crippen molar-refractivity contribution < 1.29 is 14.3 Å².